The minimum Gasteiger partial charge on any atom is -0.489 e. The SMILES string of the molecule is Cc1ccc(COc2ccc(-c3nn(-c4ccccc4)cc3C=C3SC(N4CCC(C(N)=O)CC4)=NC3=O)cc2)cc1. The second kappa shape index (κ2) is 12.1. The summed E-state index contributed by atoms with van der Waals surface area (Å²) < 4.78 is 7.83. The van der Waals surface area contributed by atoms with E-state index < -0.39 is 0 Å². The fourth-order valence-corrected chi connectivity index (χ4v) is 5.98. The molecule has 2 N–H and O–H groups in total. The van der Waals surface area contributed by atoms with Crippen molar-refractivity contribution in [3.8, 4) is 22.7 Å². The number of piperidine rings is 1. The van der Waals surface area contributed by atoms with Crippen LogP contribution in [-0.2, 0) is 16.2 Å². The lowest BCUT2D eigenvalue weighted by Gasteiger charge is -2.31. The Kier molecular flexibility index (Phi) is 7.92. The lowest BCUT2D eigenvalue weighted by Crippen LogP contribution is -2.40. The van der Waals surface area contributed by atoms with Gasteiger partial charge < -0.3 is 15.4 Å². The highest BCUT2D eigenvalue weighted by molar-refractivity contribution is 8.18. The molecule has 0 aliphatic carbocycles. The third-order valence-electron chi connectivity index (χ3n) is 7.48. The van der Waals surface area contributed by atoms with Gasteiger partial charge in [0.15, 0.2) is 5.17 Å². The number of nitrogens with zero attached hydrogens (tertiary/aromatic N) is 4. The zero-order valence-electron chi connectivity index (χ0n) is 23.3. The third-order valence-corrected chi connectivity index (χ3v) is 8.53. The number of hydrogen-bond acceptors (Lipinski definition) is 6. The normalized spacial score (nSPS) is 16.6. The van der Waals surface area contributed by atoms with Crippen LogP contribution >= 0.6 is 11.8 Å². The number of thioether (sulfide) groups is 1. The van der Waals surface area contributed by atoms with Crippen molar-refractivity contribution in [1.29, 1.82) is 0 Å². The van der Waals surface area contributed by atoms with Crippen LogP contribution in [0.5, 0.6) is 5.75 Å². The van der Waals surface area contributed by atoms with Gasteiger partial charge in [0, 0.05) is 36.3 Å². The molecule has 3 aromatic carbocycles. The van der Waals surface area contributed by atoms with Gasteiger partial charge in [-0.1, -0.05) is 48.0 Å². The molecule has 9 heteroatoms. The molecule has 2 amide bonds. The van der Waals surface area contributed by atoms with Crippen molar-refractivity contribution < 1.29 is 14.3 Å². The number of likely N-dealkylation sites (tertiary alicyclic amines) is 1. The number of primary amides is 1. The Bertz CT molecular complexity index is 1650. The standard InChI is InChI=1S/C33H31N5O3S/c1-22-7-9-23(10-8-22)21-41-28-13-11-24(12-14-28)30-26(20-38(36-30)27-5-3-2-4-6-27)19-29-32(40)35-33(42-29)37-17-15-25(16-18-37)31(34)39/h2-14,19-20,25H,15-18,21H2,1H3,(H2,34,39). The molecule has 1 saturated heterocycles. The highest BCUT2D eigenvalue weighted by Crippen LogP contribution is 2.35. The van der Waals surface area contributed by atoms with Crippen molar-refractivity contribution in [2.45, 2.75) is 26.4 Å². The van der Waals surface area contributed by atoms with E-state index in [0.717, 1.165) is 33.8 Å². The van der Waals surface area contributed by atoms with Gasteiger partial charge in [0.25, 0.3) is 5.91 Å². The first-order valence-electron chi connectivity index (χ1n) is 13.9. The maximum absolute atomic E-state index is 13.0. The van der Waals surface area contributed by atoms with Gasteiger partial charge in [-0.3, -0.25) is 9.59 Å². The summed E-state index contributed by atoms with van der Waals surface area (Å²) in [4.78, 5) is 31.4. The molecule has 0 saturated carbocycles. The molecule has 0 unspecified atom stereocenters. The van der Waals surface area contributed by atoms with Crippen LogP contribution in [0.4, 0.5) is 0 Å². The highest BCUT2D eigenvalue weighted by Gasteiger charge is 2.31. The summed E-state index contributed by atoms with van der Waals surface area (Å²) in [5.74, 6) is 0.109. The largest absolute Gasteiger partial charge is 0.489 e. The number of nitrogens with two attached hydrogens (primary N) is 1. The van der Waals surface area contributed by atoms with Crippen LogP contribution in [0.25, 0.3) is 23.0 Å². The lowest BCUT2D eigenvalue weighted by molar-refractivity contribution is -0.123. The van der Waals surface area contributed by atoms with E-state index in [1.165, 1.54) is 17.3 Å². The fourth-order valence-electron chi connectivity index (χ4n) is 5.02. The summed E-state index contributed by atoms with van der Waals surface area (Å²) in [6.45, 7) is 3.85. The van der Waals surface area contributed by atoms with Gasteiger partial charge in [0.1, 0.15) is 12.4 Å². The highest BCUT2D eigenvalue weighted by atomic mass is 32.2. The van der Waals surface area contributed by atoms with Crippen LogP contribution in [-0.4, -0.2) is 44.8 Å². The average Bonchev–Trinajstić information content (AvgIpc) is 3.61. The monoisotopic (exact) mass is 577 g/mol. The van der Waals surface area contributed by atoms with Crippen LogP contribution < -0.4 is 10.5 Å². The Morgan fingerprint density at radius 2 is 1.74 bits per heavy atom. The molecule has 4 aromatic rings. The van der Waals surface area contributed by atoms with Crippen molar-refractivity contribution >= 4 is 34.8 Å². The number of ether oxygens (including phenoxy) is 1. The van der Waals surface area contributed by atoms with Gasteiger partial charge in [-0.15, -0.1) is 0 Å². The summed E-state index contributed by atoms with van der Waals surface area (Å²) in [6, 6.07) is 26.0. The molecule has 2 aliphatic heterocycles. The van der Waals surface area contributed by atoms with Crippen LogP contribution in [0.3, 0.4) is 0 Å². The van der Waals surface area contributed by atoms with Crippen LogP contribution in [0.1, 0.15) is 29.5 Å². The summed E-state index contributed by atoms with van der Waals surface area (Å²) >= 11 is 1.36. The first kappa shape index (κ1) is 27.5. The van der Waals surface area contributed by atoms with E-state index in [1.54, 1.807) is 0 Å². The van der Waals surface area contributed by atoms with Gasteiger partial charge in [-0.05, 0) is 79.6 Å². The zero-order valence-corrected chi connectivity index (χ0v) is 24.1. The number of benzene rings is 3. The minimum absolute atomic E-state index is 0.121. The summed E-state index contributed by atoms with van der Waals surface area (Å²) in [7, 11) is 0. The Morgan fingerprint density at radius 1 is 1.02 bits per heavy atom. The quantitative estimate of drug-likeness (QED) is 0.287. The smallest absolute Gasteiger partial charge is 0.286 e. The lowest BCUT2D eigenvalue weighted by atomic mass is 9.97. The van der Waals surface area contributed by atoms with Crippen molar-refractivity contribution in [3.63, 3.8) is 0 Å². The molecule has 8 nitrogen and oxygen atoms in total. The van der Waals surface area contributed by atoms with Crippen molar-refractivity contribution in [1.82, 2.24) is 14.7 Å². The van der Waals surface area contributed by atoms with E-state index in [2.05, 4.69) is 41.1 Å². The first-order chi connectivity index (χ1) is 20.4. The number of hydrogen-bond donors (Lipinski definition) is 1. The molecule has 0 radical (unpaired) electrons. The van der Waals surface area contributed by atoms with Gasteiger partial charge >= 0.3 is 0 Å². The molecule has 3 heterocycles. The molecule has 212 valence electrons. The maximum atomic E-state index is 13.0. The fraction of sp³-hybridized carbons (Fsp3) is 0.212. The number of aromatic nitrogens is 2. The van der Waals surface area contributed by atoms with E-state index in [1.807, 2.05) is 71.6 Å². The topological polar surface area (TPSA) is 103 Å². The number of carbonyl (C=O) groups is 2. The molecule has 42 heavy (non-hydrogen) atoms. The predicted octanol–water partition coefficient (Wildman–Crippen LogP) is 5.59. The molecule has 0 spiro atoms. The van der Waals surface area contributed by atoms with Gasteiger partial charge in [0.2, 0.25) is 5.91 Å². The second-order valence-corrected chi connectivity index (χ2v) is 11.5. The summed E-state index contributed by atoms with van der Waals surface area (Å²) in [6.07, 6.45) is 5.13. The minimum atomic E-state index is -0.273. The molecular formula is C33H31N5O3S. The average molecular weight is 578 g/mol. The van der Waals surface area contributed by atoms with Gasteiger partial charge in [-0.25, -0.2) is 4.68 Å². The van der Waals surface area contributed by atoms with E-state index >= 15 is 0 Å². The number of aryl methyl sites for hydroxylation is 1. The Labute approximate surface area is 248 Å². The van der Waals surface area contributed by atoms with Gasteiger partial charge in [-0.2, -0.15) is 10.1 Å². The number of para-hydroxylation sites is 1. The van der Waals surface area contributed by atoms with Crippen molar-refractivity contribution in [2.75, 3.05) is 13.1 Å². The molecule has 2 aliphatic rings. The van der Waals surface area contributed by atoms with E-state index in [0.29, 0.717) is 42.6 Å². The molecular weight excluding hydrogens is 546 g/mol. The van der Waals surface area contributed by atoms with Crippen molar-refractivity contribution in [2.24, 2.45) is 16.6 Å². The summed E-state index contributed by atoms with van der Waals surface area (Å²) in [5, 5.41) is 5.57. The zero-order chi connectivity index (χ0) is 29.1. The maximum Gasteiger partial charge on any atom is 0.286 e. The molecule has 6 rings (SSSR count). The molecule has 0 atom stereocenters. The number of rotatable bonds is 7. The van der Waals surface area contributed by atoms with Gasteiger partial charge in [0.05, 0.1) is 16.3 Å². The van der Waals surface area contributed by atoms with E-state index in [9.17, 15) is 9.59 Å². The molecule has 0 bridgehead atoms. The predicted molar refractivity (Wildman–Crippen MR) is 166 cm³/mol. The van der Waals surface area contributed by atoms with E-state index in [-0.39, 0.29) is 17.7 Å². The number of amides is 2. The van der Waals surface area contributed by atoms with Crippen molar-refractivity contribution in [3.05, 3.63) is 107 Å². The molecule has 1 aromatic heterocycles. The van der Waals surface area contributed by atoms with E-state index in [4.69, 9.17) is 15.6 Å². The Hall–Kier alpha value is -4.63. The molecule has 1 fully saturated rings. The Morgan fingerprint density at radius 3 is 2.43 bits per heavy atom. The second-order valence-electron chi connectivity index (χ2n) is 10.5. The first-order valence-corrected chi connectivity index (χ1v) is 14.8. The number of aliphatic imine (C=N–C) groups is 1. The number of amidine groups is 1. The van der Waals surface area contributed by atoms with Crippen LogP contribution in [0.2, 0.25) is 0 Å². The van der Waals surface area contributed by atoms with Crippen LogP contribution in [0.15, 0.2) is 95.0 Å². The number of carbonyl (C=O) groups excluding carboxylic acids is 2. The van der Waals surface area contributed by atoms with Crippen LogP contribution in [0, 0.1) is 12.8 Å². The summed E-state index contributed by atoms with van der Waals surface area (Å²) in [5.41, 5.74) is 11.2. The Balaban J connectivity index is 1.23. The third kappa shape index (κ3) is 6.16.